The van der Waals surface area contributed by atoms with Gasteiger partial charge in [-0.2, -0.15) is 0 Å². The molecule has 4 heteroatoms. The van der Waals surface area contributed by atoms with Gasteiger partial charge in [-0.3, -0.25) is 0 Å². The average molecular weight is 282 g/mol. The summed E-state index contributed by atoms with van der Waals surface area (Å²) in [5.74, 6) is 0.629. The Labute approximate surface area is 116 Å². The van der Waals surface area contributed by atoms with Gasteiger partial charge in [0.2, 0.25) is 0 Å². The third-order valence-corrected chi connectivity index (χ3v) is 3.08. The van der Waals surface area contributed by atoms with Crippen LogP contribution in [0.4, 0.5) is 0 Å². The van der Waals surface area contributed by atoms with Crippen LogP contribution in [0.25, 0.3) is 0 Å². The number of hydrogen-bond acceptors (Lipinski definition) is 2. The van der Waals surface area contributed by atoms with E-state index in [2.05, 4.69) is 0 Å². The summed E-state index contributed by atoms with van der Waals surface area (Å²) in [6.45, 7) is 1.01. The fraction of sp³-hybridized carbons (Fsp3) is 0.143. The molecule has 0 aliphatic rings. The zero-order chi connectivity index (χ0) is 13.0. The Kier molecular flexibility index (Phi) is 4.48. The lowest BCUT2D eigenvalue weighted by molar-refractivity contribution is 0.306. The van der Waals surface area contributed by atoms with E-state index in [0.717, 1.165) is 11.1 Å². The Bertz CT molecular complexity index is 526. The second-order valence-corrected chi connectivity index (χ2v) is 4.73. The molecule has 0 amide bonds. The first-order valence-corrected chi connectivity index (χ1v) is 6.30. The van der Waals surface area contributed by atoms with Crippen LogP contribution in [-0.2, 0) is 13.2 Å². The van der Waals surface area contributed by atoms with E-state index in [1.807, 2.05) is 24.3 Å². The largest absolute Gasteiger partial charge is 0.487 e. The van der Waals surface area contributed by atoms with Crippen LogP contribution in [0, 0.1) is 0 Å². The highest BCUT2D eigenvalue weighted by molar-refractivity contribution is 6.35. The molecule has 18 heavy (non-hydrogen) atoms. The van der Waals surface area contributed by atoms with E-state index in [4.69, 9.17) is 33.7 Å². The van der Waals surface area contributed by atoms with Crippen LogP contribution >= 0.6 is 23.2 Å². The van der Waals surface area contributed by atoms with Crippen molar-refractivity contribution < 1.29 is 4.74 Å². The molecule has 0 aliphatic heterocycles. The van der Waals surface area contributed by atoms with Crippen molar-refractivity contribution in [3.05, 3.63) is 63.6 Å². The van der Waals surface area contributed by atoms with Gasteiger partial charge in [0.05, 0.1) is 5.02 Å². The monoisotopic (exact) mass is 281 g/mol. The van der Waals surface area contributed by atoms with Crippen LogP contribution in [0.5, 0.6) is 5.75 Å². The minimum Gasteiger partial charge on any atom is -0.487 e. The summed E-state index contributed by atoms with van der Waals surface area (Å²) in [7, 11) is 0. The second-order valence-electron chi connectivity index (χ2n) is 3.88. The van der Waals surface area contributed by atoms with E-state index < -0.39 is 0 Å². The van der Waals surface area contributed by atoms with Crippen LogP contribution in [-0.4, -0.2) is 0 Å². The van der Waals surface area contributed by atoms with Crippen LogP contribution in [0.3, 0.4) is 0 Å². The molecule has 0 radical (unpaired) electrons. The van der Waals surface area contributed by atoms with Gasteiger partial charge >= 0.3 is 0 Å². The third-order valence-electron chi connectivity index (χ3n) is 2.55. The van der Waals surface area contributed by atoms with Gasteiger partial charge in [0.15, 0.2) is 0 Å². The maximum Gasteiger partial charge on any atom is 0.138 e. The van der Waals surface area contributed by atoms with E-state index in [1.165, 1.54) is 0 Å². The number of rotatable bonds is 4. The first-order chi connectivity index (χ1) is 8.69. The molecule has 2 N–H and O–H groups in total. The average Bonchev–Trinajstić information content (AvgIpc) is 2.38. The maximum atomic E-state index is 6.02. The fourth-order valence-electron chi connectivity index (χ4n) is 1.52. The lowest BCUT2D eigenvalue weighted by Gasteiger charge is -2.08. The SMILES string of the molecule is NCc1ccc(COc2ccc(Cl)cc2Cl)cc1. The van der Waals surface area contributed by atoms with E-state index in [0.29, 0.717) is 28.9 Å². The molecule has 0 bridgehead atoms. The van der Waals surface area contributed by atoms with Crippen molar-refractivity contribution >= 4 is 23.2 Å². The normalized spacial score (nSPS) is 10.4. The van der Waals surface area contributed by atoms with Gasteiger partial charge in [0, 0.05) is 11.6 Å². The summed E-state index contributed by atoms with van der Waals surface area (Å²) in [6, 6.07) is 13.1. The topological polar surface area (TPSA) is 35.2 Å². The van der Waals surface area contributed by atoms with Gasteiger partial charge in [-0.05, 0) is 29.3 Å². The van der Waals surface area contributed by atoms with Crippen molar-refractivity contribution in [3.8, 4) is 5.75 Å². The van der Waals surface area contributed by atoms with Gasteiger partial charge in [0.25, 0.3) is 0 Å². The third kappa shape index (κ3) is 3.39. The van der Waals surface area contributed by atoms with Gasteiger partial charge in [-0.25, -0.2) is 0 Å². The summed E-state index contributed by atoms with van der Waals surface area (Å²) < 4.78 is 5.63. The lowest BCUT2D eigenvalue weighted by Crippen LogP contribution is -1.98. The van der Waals surface area contributed by atoms with Gasteiger partial charge in [-0.1, -0.05) is 47.5 Å². The van der Waals surface area contributed by atoms with Crippen LogP contribution < -0.4 is 10.5 Å². The Hall–Kier alpha value is -1.22. The van der Waals surface area contributed by atoms with Crippen molar-refractivity contribution in [2.75, 3.05) is 0 Å². The zero-order valence-corrected chi connectivity index (χ0v) is 11.2. The highest BCUT2D eigenvalue weighted by Crippen LogP contribution is 2.28. The number of ether oxygens (including phenoxy) is 1. The van der Waals surface area contributed by atoms with Gasteiger partial charge in [-0.15, -0.1) is 0 Å². The van der Waals surface area contributed by atoms with Crippen LogP contribution in [0.15, 0.2) is 42.5 Å². The number of hydrogen-bond donors (Lipinski definition) is 1. The molecule has 94 valence electrons. The summed E-state index contributed by atoms with van der Waals surface area (Å²) in [5, 5.41) is 1.11. The first-order valence-electron chi connectivity index (χ1n) is 5.55. The van der Waals surface area contributed by atoms with Crippen molar-refractivity contribution in [1.29, 1.82) is 0 Å². The predicted molar refractivity (Wildman–Crippen MR) is 75.1 cm³/mol. The molecule has 0 aromatic heterocycles. The molecule has 0 aliphatic carbocycles. The Morgan fingerprint density at radius 2 is 1.61 bits per heavy atom. The lowest BCUT2D eigenvalue weighted by atomic mass is 10.1. The summed E-state index contributed by atoms with van der Waals surface area (Å²) in [4.78, 5) is 0. The molecule has 0 spiro atoms. The van der Waals surface area contributed by atoms with Crippen molar-refractivity contribution in [3.63, 3.8) is 0 Å². The van der Waals surface area contributed by atoms with E-state index in [1.54, 1.807) is 18.2 Å². The van der Waals surface area contributed by atoms with Gasteiger partial charge in [0.1, 0.15) is 12.4 Å². The molecular weight excluding hydrogens is 269 g/mol. The van der Waals surface area contributed by atoms with E-state index in [-0.39, 0.29) is 0 Å². The van der Waals surface area contributed by atoms with Crippen molar-refractivity contribution in [2.45, 2.75) is 13.2 Å². The molecule has 0 atom stereocenters. The van der Waals surface area contributed by atoms with Crippen LogP contribution in [0.2, 0.25) is 10.0 Å². The molecule has 0 unspecified atom stereocenters. The Balaban J connectivity index is 2.02. The first kappa shape index (κ1) is 13.2. The Morgan fingerprint density at radius 1 is 0.944 bits per heavy atom. The number of nitrogens with two attached hydrogens (primary N) is 1. The molecule has 2 aromatic carbocycles. The molecule has 2 nitrogen and oxygen atoms in total. The molecule has 0 heterocycles. The van der Waals surface area contributed by atoms with Crippen molar-refractivity contribution in [2.24, 2.45) is 5.73 Å². The van der Waals surface area contributed by atoms with E-state index >= 15 is 0 Å². The predicted octanol–water partition coefficient (Wildman–Crippen LogP) is 4.03. The maximum absolute atomic E-state index is 6.02. The minimum absolute atomic E-state index is 0.464. The molecule has 0 saturated carbocycles. The molecule has 2 rings (SSSR count). The molecular formula is C14H13Cl2NO. The van der Waals surface area contributed by atoms with Gasteiger partial charge < -0.3 is 10.5 Å². The van der Waals surface area contributed by atoms with Crippen LogP contribution in [0.1, 0.15) is 11.1 Å². The molecule has 0 fully saturated rings. The summed E-state index contributed by atoms with van der Waals surface area (Å²) in [5.41, 5.74) is 7.71. The smallest absolute Gasteiger partial charge is 0.138 e. The standard InChI is InChI=1S/C14H13Cl2NO/c15-12-5-6-14(13(16)7-12)18-9-11-3-1-10(8-17)2-4-11/h1-7H,8-9,17H2. The highest BCUT2D eigenvalue weighted by atomic mass is 35.5. The zero-order valence-electron chi connectivity index (χ0n) is 9.70. The van der Waals surface area contributed by atoms with Crippen molar-refractivity contribution in [1.82, 2.24) is 0 Å². The molecule has 2 aromatic rings. The molecule has 0 saturated heterocycles. The summed E-state index contributed by atoms with van der Waals surface area (Å²) >= 11 is 11.8. The fourth-order valence-corrected chi connectivity index (χ4v) is 1.99. The second kappa shape index (κ2) is 6.10. The Morgan fingerprint density at radius 3 is 2.22 bits per heavy atom. The highest BCUT2D eigenvalue weighted by Gasteiger charge is 2.02. The van der Waals surface area contributed by atoms with E-state index in [9.17, 15) is 0 Å². The minimum atomic E-state index is 0.464. The number of benzene rings is 2. The number of halogens is 2. The quantitative estimate of drug-likeness (QED) is 0.918. The summed E-state index contributed by atoms with van der Waals surface area (Å²) in [6.07, 6.45) is 0.